The molecule has 0 unspecified atom stereocenters. The molecule has 0 aliphatic rings. The Morgan fingerprint density at radius 1 is 1.10 bits per heavy atom. The second-order valence-corrected chi connectivity index (χ2v) is 8.76. The lowest BCUT2D eigenvalue weighted by atomic mass is 10.2. The Morgan fingerprint density at radius 2 is 1.90 bits per heavy atom. The lowest BCUT2D eigenvalue weighted by Gasteiger charge is -2.10. The van der Waals surface area contributed by atoms with Crippen molar-refractivity contribution in [3.8, 4) is 17.1 Å². The van der Waals surface area contributed by atoms with Crippen LogP contribution in [0.3, 0.4) is 0 Å². The van der Waals surface area contributed by atoms with Gasteiger partial charge in [-0.25, -0.2) is 4.98 Å². The number of nitrogens with zero attached hydrogens (tertiary/aromatic N) is 5. The van der Waals surface area contributed by atoms with E-state index in [1.807, 2.05) is 53.1 Å². The third kappa shape index (κ3) is 3.49. The summed E-state index contributed by atoms with van der Waals surface area (Å²) in [4.78, 5) is 18.2. The molecule has 5 aromatic rings. The number of methoxy groups -OCH3 is 1. The minimum Gasteiger partial charge on any atom is -0.496 e. The molecule has 2 aromatic carbocycles. The molecule has 0 saturated heterocycles. The van der Waals surface area contributed by atoms with Crippen molar-refractivity contribution in [1.82, 2.24) is 24.1 Å². The van der Waals surface area contributed by atoms with Crippen molar-refractivity contribution < 1.29 is 4.74 Å². The van der Waals surface area contributed by atoms with E-state index in [-0.39, 0.29) is 5.56 Å². The van der Waals surface area contributed by atoms with Crippen molar-refractivity contribution in [2.75, 3.05) is 7.11 Å². The van der Waals surface area contributed by atoms with Crippen molar-refractivity contribution in [1.29, 1.82) is 0 Å². The Morgan fingerprint density at radius 3 is 2.74 bits per heavy atom. The highest BCUT2D eigenvalue weighted by Gasteiger charge is 2.17. The molecule has 0 saturated carbocycles. The zero-order valence-electron chi connectivity index (χ0n) is 17.0. The van der Waals surface area contributed by atoms with E-state index in [1.54, 1.807) is 17.6 Å². The summed E-state index contributed by atoms with van der Waals surface area (Å²) in [5.74, 6) is 2.05. The zero-order valence-corrected chi connectivity index (χ0v) is 18.6. The lowest BCUT2D eigenvalue weighted by Crippen LogP contribution is -2.13. The van der Waals surface area contributed by atoms with E-state index in [4.69, 9.17) is 9.72 Å². The second-order valence-electron chi connectivity index (χ2n) is 6.81. The number of para-hydroxylation sites is 2. The van der Waals surface area contributed by atoms with Gasteiger partial charge in [-0.05, 0) is 31.2 Å². The highest BCUT2D eigenvalue weighted by Crippen LogP contribution is 2.31. The summed E-state index contributed by atoms with van der Waals surface area (Å²) in [6, 6.07) is 17.2. The SMILES string of the molecule is CCn1c(SCc2cc(=O)n3c(n2)sc2ccccc23)nnc1-c1ccccc1OC. The molecule has 9 heteroatoms. The van der Waals surface area contributed by atoms with Crippen molar-refractivity contribution in [2.24, 2.45) is 0 Å². The zero-order chi connectivity index (χ0) is 21.4. The average Bonchev–Trinajstić information content (AvgIpc) is 3.38. The van der Waals surface area contributed by atoms with Gasteiger partial charge in [0.1, 0.15) is 5.75 Å². The van der Waals surface area contributed by atoms with Crippen LogP contribution >= 0.6 is 23.1 Å². The number of thiazole rings is 1. The molecule has 0 radical (unpaired) electrons. The maximum atomic E-state index is 12.7. The molecule has 0 bridgehead atoms. The smallest absolute Gasteiger partial charge is 0.259 e. The summed E-state index contributed by atoms with van der Waals surface area (Å²) < 4.78 is 10.2. The first-order valence-corrected chi connectivity index (χ1v) is 11.6. The van der Waals surface area contributed by atoms with Crippen LogP contribution < -0.4 is 10.3 Å². The van der Waals surface area contributed by atoms with Crippen molar-refractivity contribution in [2.45, 2.75) is 24.4 Å². The Bertz CT molecular complexity index is 1450. The molecule has 5 rings (SSSR count). The van der Waals surface area contributed by atoms with Crippen LogP contribution in [0.25, 0.3) is 26.6 Å². The molecular weight excluding hydrogens is 430 g/mol. The van der Waals surface area contributed by atoms with Crippen molar-refractivity contribution >= 4 is 38.3 Å². The van der Waals surface area contributed by atoms with E-state index in [2.05, 4.69) is 17.1 Å². The fraction of sp³-hybridized carbons (Fsp3) is 0.182. The molecule has 0 spiro atoms. The van der Waals surface area contributed by atoms with Gasteiger partial charge in [0.2, 0.25) is 0 Å². The fourth-order valence-electron chi connectivity index (χ4n) is 3.54. The number of rotatable bonds is 6. The third-order valence-electron chi connectivity index (χ3n) is 4.98. The predicted molar refractivity (Wildman–Crippen MR) is 124 cm³/mol. The van der Waals surface area contributed by atoms with Gasteiger partial charge in [0.25, 0.3) is 5.56 Å². The summed E-state index contributed by atoms with van der Waals surface area (Å²) in [5, 5.41) is 9.57. The fourth-order valence-corrected chi connectivity index (χ4v) is 5.49. The van der Waals surface area contributed by atoms with Gasteiger partial charge in [0, 0.05) is 18.4 Å². The van der Waals surface area contributed by atoms with Crippen LogP contribution in [0.4, 0.5) is 0 Å². The molecule has 0 aliphatic heterocycles. The standard InChI is InChI=1S/C22H19N5O2S2/c1-3-26-20(15-8-4-6-10-17(15)29-2)24-25-22(26)30-13-14-12-19(28)27-16-9-5-7-11-18(16)31-21(27)23-14/h4-12H,3,13H2,1-2H3. The quantitative estimate of drug-likeness (QED) is 0.356. The average molecular weight is 450 g/mol. The van der Waals surface area contributed by atoms with E-state index >= 15 is 0 Å². The first-order chi connectivity index (χ1) is 15.2. The van der Waals surface area contributed by atoms with Crippen LogP contribution in [0, 0.1) is 0 Å². The Hall–Kier alpha value is -3.17. The first kappa shape index (κ1) is 19.8. The van der Waals surface area contributed by atoms with E-state index in [0.717, 1.165) is 38.2 Å². The number of fused-ring (bicyclic) bond motifs is 3. The molecule has 0 N–H and O–H groups in total. The van der Waals surface area contributed by atoms with Gasteiger partial charge in [0.15, 0.2) is 15.9 Å². The number of aromatic nitrogens is 5. The first-order valence-electron chi connectivity index (χ1n) is 9.79. The second kappa shape index (κ2) is 8.16. The normalized spacial score (nSPS) is 11.4. The summed E-state index contributed by atoms with van der Waals surface area (Å²) in [5.41, 5.74) is 2.46. The number of thioether (sulfide) groups is 1. The van der Waals surface area contributed by atoms with Crippen LogP contribution in [0.5, 0.6) is 5.75 Å². The van der Waals surface area contributed by atoms with Gasteiger partial charge in [-0.3, -0.25) is 9.20 Å². The van der Waals surface area contributed by atoms with E-state index in [9.17, 15) is 4.79 Å². The van der Waals surface area contributed by atoms with Crippen molar-refractivity contribution in [3.63, 3.8) is 0 Å². The van der Waals surface area contributed by atoms with Gasteiger partial charge < -0.3 is 9.30 Å². The van der Waals surface area contributed by atoms with Crippen LogP contribution in [-0.2, 0) is 12.3 Å². The molecule has 156 valence electrons. The summed E-state index contributed by atoms with van der Waals surface area (Å²) in [6.45, 7) is 2.77. The maximum Gasteiger partial charge on any atom is 0.259 e. The predicted octanol–water partition coefficient (Wildman–Crippen LogP) is 4.49. The third-order valence-corrected chi connectivity index (χ3v) is 7.00. The van der Waals surface area contributed by atoms with E-state index < -0.39 is 0 Å². The summed E-state index contributed by atoms with van der Waals surface area (Å²) >= 11 is 3.04. The molecule has 0 aliphatic carbocycles. The highest BCUT2D eigenvalue weighted by molar-refractivity contribution is 7.98. The van der Waals surface area contributed by atoms with Gasteiger partial charge in [-0.2, -0.15) is 0 Å². The van der Waals surface area contributed by atoms with Gasteiger partial charge in [-0.1, -0.05) is 47.4 Å². The molecule has 31 heavy (non-hydrogen) atoms. The Balaban J connectivity index is 1.46. The molecule has 3 heterocycles. The Labute approximate surface area is 186 Å². The Kier molecular flexibility index (Phi) is 5.21. The summed E-state index contributed by atoms with van der Waals surface area (Å²) in [6.07, 6.45) is 0. The van der Waals surface area contributed by atoms with Gasteiger partial charge >= 0.3 is 0 Å². The lowest BCUT2D eigenvalue weighted by molar-refractivity contribution is 0.416. The monoisotopic (exact) mass is 449 g/mol. The minimum absolute atomic E-state index is 0.0651. The van der Waals surface area contributed by atoms with Crippen LogP contribution in [0.2, 0.25) is 0 Å². The number of ether oxygens (including phenoxy) is 1. The molecule has 0 amide bonds. The van der Waals surface area contributed by atoms with E-state index in [0.29, 0.717) is 17.3 Å². The largest absolute Gasteiger partial charge is 0.496 e. The van der Waals surface area contributed by atoms with Crippen LogP contribution in [0.1, 0.15) is 12.6 Å². The molecule has 0 atom stereocenters. The van der Waals surface area contributed by atoms with Gasteiger partial charge in [0.05, 0.1) is 28.6 Å². The number of hydrogen-bond donors (Lipinski definition) is 0. The summed E-state index contributed by atoms with van der Waals surface area (Å²) in [7, 11) is 1.65. The maximum absolute atomic E-state index is 12.7. The van der Waals surface area contributed by atoms with Crippen LogP contribution in [-0.4, -0.2) is 31.3 Å². The topological polar surface area (TPSA) is 74.3 Å². The number of hydrogen-bond acceptors (Lipinski definition) is 7. The highest BCUT2D eigenvalue weighted by atomic mass is 32.2. The van der Waals surface area contributed by atoms with Crippen LogP contribution in [0.15, 0.2) is 64.5 Å². The number of benzene rings is 2. The molecule has 3 aromatic heterocycles. The molecular formula is C22H19N5O2S2. The van der Waals surface area contributed by atoms with Gasteiger partial charge in [-0.15, -0.1) is 10.2 Å². The minimum atomic E-state index is -0.0651. The van der Waals surface area contributed by atoms with E-state index in [1.165, 1.54) is 23.1 Å². The molecule has 0 fully saturated rings. The molecule has 7 nitrogen and oxygen atoms in total. The van der Waals surface area contributed by atoms with Crippen molar-refractivity contribution in [3.05, 3.63) is 70.6 Å².